The van der Waals surface area contributed by atoms with Crippen molar-refractivity contribution in [3.8, 4) is 5.75 Å². The van der Waals surface area contributed by atoms with Gasteiger partial charge in [0.2, 0.25) is 0 Å². The molecule has 0 saturated heterocycles. The maximum absolute atomic E-state index is 12.5. The highest BCUT2D eigenvalue weighted by atomic mass is 35.5. The van der Waals surface area contributed by atoms with Gasteiger partial charge in [0.1, 0.15) is 18.5 Å². The number of aliphatic hydroxyl groups excluding tert-OH is 1. The normalized spacial score (nSPS) is 12.0. The predicted octanol–water partition coefficient (Wildman–Crippen LogP) is 2.67. The van der Waals surface area contributed by atoms with Crippen molar-refractivity contribution in [3.63, 3.8) is 0 Å². The second-order valence-electron chi connectivity index (χ2n) is 6.07. The lowest BCUT2D eigenvalue weighted by molar-refractivity contribution is 0.0526. The van der Waals surface area contributed by atoms with Crippen molar-refractivity contribution < 1.29 is 19.4 Å². The number of ether oxygens (including phenoxy) is 2. The van der Waals surface area contributed by atoms with E-state index in [2.05, 4.69) is 4.98 Å². The summed E-state index contributed by atoms with van der Waals surface area (Å²) in [5, 5.41) is 11.1. The highest BCUT2D eigenvalue weighted by Gasteiger charge is 2.11. The molecule has 0 aliphatic heterocycles. The number of hydrogen-bond acceptors (Lipinski definition) is 6. The molecule has 0 fully saturated rings. The lowest BCUT2D eigenvalue weighted by atomic mass is 10.2. The van der Waals surface area contributed by atoms with Crippen molar-refractivity contribution in [2.45, 2.75) is 19.6 Å². The van der Waals surface area contributed by atoms with Crippen molar-refractivity contribution in [2.75, 3.05) is 13.2 Å². The number of nitrogens with zero attached hydrogens (tertiary/aromatic N) is 2. The molecule has 1 aromatic heterocycles. The summed E-state index contributed by atoms with van der Waals surface area (Å²) < 4.78 is 11.8. The van der Waals surface area contributed by atoms with Gasteiger partial charge in [0.15, 0.2) is 0 Å². The standard InChI is InChI=1S/C20H19ClN2O5/c1-2-27-20(26)13-3-6-16(7-4-13)28-11-15(24)10-23-12-22-18-9-14(21)5-8-17(18)19(23)25/h3-9,12,15,24H,2,10-11H2,1H3. The molecular formula is C20H19ClN2O5. The van der Waals surface area contributed by atoms with Gasteiger partial charge >= 0.3 is 5.97 Å². The van der Waals surface area contributed by atoms with E-state index in [4.69, 9.17) is 21.1 Å². The summed E-state index contributed by atoms with van der Waals surface area (Å²) in [5.41, 5.74) is 0.657. The third-order valence-corrected chi connectivity index (χ3v) is 4.24. The van der Waals surface area contributed by atoms with E-state index in [-0.39, 0.29) is 18.7 Å². The maximum Gasteiger partial charge on any atom is 0.338 e. The van der Waals surface area contributed by atoms with Gasteiger partial charge in [-0.25, -0.2) is 9.78 Å². The minimum atomic E-state index is -0.922. The minimum Gasteiger partial charge on any atom is -0.491 e. The average Bonchev–Trinajstić information content (AvgIpc) is 2.69. The number of carbonyl (C=O) groups excluding carboxylic acids is 1. The predicted molar refractivity (Wildman–Crippen MR) is 105 cm³/mol. The van der Waals surface area contributed by atoms with Crippen LogP contribution >= 0.6 is 11.6 Å². The molecule has 1 heterocycles. The minimum absolute atomic E-state index is 0.0240. The monoisotopic (exact) mass is 402 g/mol. The summed E-state index contributed by atoms with van der Waals surface area (Å²) in [5.74, 6) is 0.0873. The molecule has 1 N–H and O–H groups in total. The van der Waals surface area contributed by atoms with E-state index in [0.29, 0.717) is 33.8 Å². The summed E-state index contributed by atoms with van der Waals surface area (Å²) in [7, 11) is 0. The van der Waals surface area contributed by atoms with E-state index in [1.165, 1.54) is 10.9 Å². The third kappa shape index (κ3) is 4.68. The SMILES string of the molecule is CCOC(=O)c1ccc(OCC(O)Cn2cnc3cc(Cl)ccc3c2=O)cc1. The summed E-state index contributed by atoms with van der Waals surface area (Å²) in [6, 6.07) is 11.3. The third-order valence-electron chi connectivity index (χ3n) is 4.00. The first-order chi connectivity index (χ1) is 13.5. The van der Waals surface area contributed by atoms with Gasteiger partial charge in [-0.2, -0.15) is 0 Å². The van der Waals surface area contributed by atoms with Crippen molar-refractivity contribution in [1.29, 1.82) is 0 Å². The zero-order chi connectivity index (χ0) is 20.1. The largest absolute Gasteiger partial charge is 0.491 e. The summed E-state index contributed by atoms with van der Waals surface area (Å²) in [4.78, 5) is 28.3. The zero-order valence-electron chi connectivity index (χ0n) is 15.2. The van der Waals surface area contributed by atoms with E-state index >= 15 is 0 Å². The molecule has 0 radical (unpaired) electrons. The number of carbonyl (C=O) groups is 1. The molecule has 146 valence electrons. The molecule has 28 heavy (non-hydrogen) atoms. The van der Waals surface area contributed by atoms with Crippen LogP contribution in [0.25, 0.3) is 10.9 Å². The molecule has 0 saturated carbocycles. The Bertz CT molecular complexity index is 1030. The average molecular weight is 403 g/mol. The van der Waals surface area contributed by atoms with Crippen molar-refractivity contribution in [3.05, 3.63) is 69.7 Å². The van der Waals surface area contributed by atoms with Crippen molar-refractivity contribution >= 4 is 28.5 Å². The van der Waals surface area contributed by atoms with Gasteiger partial charge in [-0.15, -0.1) is 0 Å². The van der Waals surface area contributed by atoms with Gasteiger partial charge in [-0.3, -0.25) is 9.36 Å². The Morgan fingerprint density at radius 1 is 1.25 bits per heavy atom. The quantitative estimate of drug-likeness (QED) is 0.611. The maximum atomic E-state index is 12.5. The van der Waals surface area contributed by atoms with E-state index < -0.39 is 12.1 Å². The smallest absolute Gasteiger partial charge is 0.338 e. The first-order valence-electron chi connectivity index (χ1n) is 8.70. The lowest BCUT2D eigenvalue weighted by Gasteiger charge is -2.14. The Hall–Kier alpha value is -2.90. The number of rotatable bonds is 7. The van der Waals surface area contributed by atoms with Crippen LogP contribution in [-0.2, 0) is 11.3 Å². The van der Waals surface area contributed by atoms with Crippen molar-refractivity contribution in [1.82, 2.24) is 9.55 Å². The molecule has 0 aliphatic rings. The number of esters is 1. The van der Waals surface area contributed by atoms with Crippen LogP contribution in [0.5, 0.6) is 5.75 Å². The van der Waals surface area contributed by atoms with E-state index in [0.717, 1.165) is 0 Å². The molecule has 8 heteroatoms. The second kappa shape index (κ2) is 8.86. The molecule has 7 nitrogen and oxygen atoms in total. The molecule has 1 unspecified atom stereocenters. The highest BCUT2D eigenvalue weighted by molar-refractivity contribution is 6.31. The van der Waals surface area contributed by atoms with Crippen LogP contribution < -0.4 is 10.3 Å². The van der Waals surface area contributed by atoms with E-state index in [1.54, 1.807) is 49.4 Å². The van der Waals surface area contributed by atoms with Gasteiger partial charge in [0.25, 0.3) is 5.56 Å². The highest BCUT2D eigenvalue weighted by Crippen LogP contribution is 2.15. The van der Waals surface area contributed by atoms with Gasteiger partial charge in [0, 0.05) is 5.02 Å². The summed E-state index contributed by atoms with van der Waals surface area (Å²) in [6.45, 7) is 2.05. The van der Waals surface area contributed by atoms with Gasteiger partial charge in [-0.05, 0) is 49.4 Å². The molecule has 0 spiro atoms. The number of hydrogen-bond donors (Lipinski definition) is 1. The molecule has 3 aromatic rings. The lowest BCUT2D eigenvalue weighted by Crippen LogP contribution is -2.30. The number of aliphatic hydroxyl groups is 1. The number of benzene rings is 2. The van der Waals surface area contributed by atoms with Crippen molar-refractivity contribution in [2.24, 2.45) is 0 Å². The van der Waals surface area contributed by atoms with Crippen LogP contribution in [0.2, 0.25) is 5.02 Å². The number of aromatic nitrogens is 2. The van der Waals surface area contributed by atoms with Crippen LogP contribution in [0.3, 0.4) is 0 Å². The molecule has 0 aliphatic carbocycles. The van der Waals surface area contributed by atoms with Gasteiger partial charge in [0.05, 0.1) is 35.9 Å². The van der Waals surface area contributed by atoms with Crippen LogP contribution in [0.1, 0.15) is 17.3 Å². The van der Waals surface area contributed by atoms with Crippen LogP contribution in [0.4, 0.5) is 0 Å². The first kappa shape index (κ1) is 19.9. The Labute approximate surface area is 166 Å². The van der Waals surface area contributed by atoms with Gasteiger partial charge in [-0.1, -0.05) is 11.6 Å². The molecule has 0 amide bonds. The molecular weight excluding hydrogens is 384 g/mol. The van der Waals surface area contributed by atoms with Crippen LogP contribution in [0, 0.1) is 0 Å². The van der Waals surface area contributed by atoms with E-state index in [9.17, 15) is 14.7 Å². The van der Waals surface area contributed by atoms with Crippen LogP contribution in [0.15, 0.2) is 53.6 Å². The molecule has 1 atom stereocenters. The number of fused-ring (bicyclic) bond motifs is 1. The Morgan fingerprint density at radius 2 is 2.00 bits per heavy atom. The Morgan fingerprint density at radius 3 is 2.71 bits per heavy atom. The molecule has 2 aromatic carbocycles. The fraction of sp³-hybridized carbons (Fsp3) is 0.250. The number of halogens is 1. The first-order valence-corrected chi connectivity index (χ1v) is 9.08. The summed E-state index contributed by atoms with van der Waals surface area (Å²) in [6.07, 6.45) is 0.451. The molecule has 3 rings (SSSR count). The fourth-order valence-electron chi connectivity index (χ4n) is 2.64. The van der Waals surface area contributed by atoms with E-state index in [1.807, 2.05) is 0 Å². The van der Waals surface area contributed by atoms with Crippen LogP contribution in [-0.4, -0.2) is 39.9 Å². The summed E-state index contributed by atoms with van der Waals surface area (Å²) >= 11 is 5.91. The second-order valence-corrected chi connectivity index (χ2v) is 6.51. The molecule has 0 bridgehead atoms. The van der Waals surface area contributed by atoms with Gasteiger partial charge < -0.3 is 14.6 Å². The Kier molecular flexibility index (Phi) is 6.28. The zero-order valence-corrected chi connectivity index (χ0v) is 15.9. The fourth-order valence-corrected chi connectivity index (χ4v) is 2.80. The Balaban J connectivity index is 1.61. The topological polar surface area (TPSA) is 90.7 Å².